The molecular weight excluding hydrogens is 498 g/mol. The van der Waals surface area contributed by atoms with Crippen molar-refractivity contribution in [2.24, 2.45) is 0 Å². The second-order valence-corrected chi connectivity index (χ2v) is 14.0. The molecule has 2 amide bonds. The molecule has 0 radical (unpaired) electrons. The van der Waals surface area contributed by atoms with Crippen LogP contribution in [0.15, 0.2) is 66.1 Å². The molecule has 1 saturated heterocycles. The molecule has 8 heteroatoms. The highest BCUT2D eigenvalue weighted by Gasteiger charge is 2.57. The van der Waals surface area contributed by atoms with Gasteiger partial charge in [-0.2, -0.15) is 4.31 Å². The Bertz CT molecular complexity index is 1290. The fourth-order valence-corrected chi connectivity index (χ4v) is 7.49. The average molecular weight is 540 g/mol. The summed E-state index contributed by atoms with van der Waals surface area (Å²) in [5, 5.41) is 5.79. The third-order valence-corrected chi connectivity index (χ3v) is 9.62. The Morgan fingerprint density at radius 2 is 1.61 bits per heavy atom. The standard InChI is InChI=1S/C30H41N3O4S/c1-9-26(34)32-25-20-29(5,6)33(30(25,7)8)38(36,37)24-16-12-22(13-17-24)27(35)31-19-18-21-10-14-23(15-11-21)28(2,3)4/h9-17,25H,1,18-20H2,2-8H3,(H,31,35)(H,32,34). The maximum atomic E-state index is 13.8. The molecule has 1 heterocycles. The molecule has 0 saturated carbocycles. The van der Waals surface area contributed by atoms with Gasteiger partial charge in [0.2, 0.25) is 15.9 Å². The molecule has 1 aliphatic rings. The fourth-order valence-electron chi connectivity index (χ4n) is 5.32. The number of hydrogen-bond acceptors (Lipinski definition) is 4. The summed E-state index contributed by atoms with van der Waals surface area (Å²) in [7, 11) is -3.91. The molecule has 1 unspecified atom stereocenters. The van der Waals surface area contributed by atoms with Crippen molar-refractivity contribution in [3.63, 3.8) is 0 Å². The van der Waals surface area contributed by atoms with Crippen LogP contribution in [0.1, 0.15) is 76.4 Å². The Labute approximate surface area is 227 Å². The average Bonchev–Trinajstić information content (AvgIpc) is 3.01. The first-order chi connectivity index (χ1) is 17.5. The first kappa shape index (κ1) is 29.6. The zero-order valence-corrected chi connectivity index (χ0v) is 24.4. The molecule has 3 rings (SSSR count). The van der Waals surface area contributed by atoms with Crippen molar-refractivity contribution < 1.29 is 18.0 Å². The van der Waals surface area contributed by atoms with Crippen molar-refractivity contribution >= 4 is 21.8 Å². The number of hydrogen-bond donors (Lipinski definition) is 2. The number of carbonyl (C=O) groups is 2. The van der Waals surface area contributed by atoms with Gasteiger partial charge < -0.3 is 10.6 Å². The van der Waals surface area contributed by atoms with Gasteiger partial charge >= 0.3 is 0 Å². The van der Waals surface area contributed by atoms with E-state index in [4.69, 9.17) is 0 Å². The molecule has 206 valence electrons. The summed E-state index contributed by atoms with van der Waals surface area (Å²) in [6.45, 7) is 17.8. The Kier molecular flexibility index (Phi) is 8.29. The number of rotatable bonds is 8. The van der Waals surface area contributed by atoms with Gasteiger partial charge in [-0.05, 0) is 87.4 Å². The van der Waals surface area contributed by atoms with E-state index in [1.165, 1.54) is 40.2 Å². The minimum Gasteiger partial charge on any atom is -0.352 e. The Morgan fingerprint density at radius 1 is 1.03 bits per heavy atom. The molecule has 1 atom stereocenters. The van der Waals surface area contributed by atoms with E-state index in [2.05, 4.69) is 62.2 Å². The summed E-state index contributed by atoms with van der Waals surface area (Å²) in [5.41, 5.74) is 1.28. The highest BCUT2D eigenvalue weighted by Crippen LogP contribution is 2.44. The topological polar surface area (TPSA) is 95.6 Å². The van der Waals surface area contributed by atoms with E-state index in [1.54, 1.807) is 0 Å². The smallest absolute Gasteiger partial charge is 0.251 e. The van der Waals surface area contributed by atoms with E-state index in [0.29, 0.717) is 24.9 Å². The first-order valence-corrected chi connectivity index (χ1v) is 14.4. The second kappa shape index (κ2) is 10.7. The quantitative estimate of drug-likeness (QED) is 0.480. The zero-order chi connectivity index (χ0) is 28.5. The van der Waals surface area contributed by atoms with E-state index in [-0.39, 0.29) is 28.2 Å². The van der Waals surface area contributed by atoms with Crippen molar-refractivity contribution in [1.82, 2.24) is 14.9 Å². The van der Waals surface area contributed by atoms with Crippen LogP contribution in [0.2, 0.25) is 0 Å². The number of sulfonamides is 1. The Morgan fingerprint density at radius 3 is 2.13 bits per heavy atom. The number of carbonyl (C=O) groups excluding carboxylic acids is 2. The van der Waals surface area contributed by atoms with E-state index in [1.807, 2.05) is 27.7 Å². The predicted octanol–water partition coefficient (Wildman–Crippen LogP) is 4.58. The van der Waals surface area contributed by atoms with Crippen LogP contribution in [-0.4, -0.2) is 48.2 Å². The van der Waals surface area contributed by atoms with Gasteiger partial charge in [0, 0.05) is 23.7 Å². The largest absolute Gasteiger partial charge is 0.352 e. The van der Waals surface area contributed by atoms with Gasteiger partial charge in [-0.1, -0.05) is 51.6 Å². The van der Waals surface area contributed by atoms with Crippen LogP contribution in [-0.2, 0) is 26.7 Å². The maximum Gasteiger partial charge on any atom is 0.251 e. The lowest BCUT2D eigenvalue weighted by atomic mass is 9.86. The van der Waals surface area contributed by atoms with Crippen molar-refractivity contribution in [3.05, 3.63) is 77.9 Å². The molecule has 2 aromatic carbocycles. The summed E-state index contributed by atoms with van der Waals surface area (Å²) in [4.78, 5) is 24.8. The molecule has 2 aromatic rings. The van der Waals surface area contributed by atoms with Gasteiger partial charge in [-0.15, -0.1) is 0 Å². The molecular formula is C30H41N3O4S. The number of nitrogens with one attached hydrogen (secondary N) is 2. The van der Waals surface area contributed by atoms with Gasteiger partial charge in [0.25, 0.3) is 5.91 Å². The van der Waals surface area contributed by atoms with E-state index >= 15 is 0 Å². The summed E-state index contributed by atoms with van der Waals surface area (Å²) in [6.07, 6.45) is 2.34. The van der Waals surface area contributed by atoms with Crippen LogP contribution in [0.4, 0.5) is 0 Å². The molecule has 0 aliphatic carbocycles. The number of benzene rings is 2. The van der Waals surface area contributed by atoms with Crippen LogP contribution in [0.5, 0.6) is 0 Å². The molecule has 1 fully saturated rings. The minimum absolute atomic E-state index is 0.0931. The predicted molar refractivity (Wildman–Crippen MR) is 152 cm³/mol. The molecule has 7 nitrogen and oxygen atoms in total. The van der Waals surface area contributed by atoms with Crippen molar-refractivity contribution in [2.75, 3.05) is 6.54 Å². The molecule has 1 aliphatic heterocycles. The molecule has 38 heavy (non-hydrogen) atoms. The highest BCUT2D eigenvalue weighted by molar-refractivity contribution is 7.89. The van der Waals surface area contributed by atoms with E-state index in [9.17, 15) is 18.0 Å². The maximum absolute atomic E-state index is 13.8. The van der Waals surface area contributed by atoms with Gasteiger partial charge in [0.1, 0.15) is 0 Å². The molecule has 0 bridgehead atoms. The van der Waals surface area contributed by atoms with Crippen LogP contribution < -0.4 is 10.6 Å². The lowest BCUT2D eigenvalue weighted by Crippen LogP contribution is -2.56. The van der Waals surface area contributed by atoms with Crippen LogP contribution in [0, 0.1) is 0 Å². The SMILES string of the molecule is C=CC(=O)NC1CC(C)(C)N(S(=O)(=O)c2ccc(C(=O)NCCc3ccc(C(C)(C)C)cc3)cc2)C1(C)C. The third-order valence-electron chi connectivity index (χ3n) is 7.31. The Balaban J connectivity index is 1.69. The van der Waals surface area contributed by atoms with Crippen molar-refractivity contribution in [2.45, 2.75) is 88.7 Å². The fraction of sp³-hybridized carbons (Fsp3) is 0.467. The number of amides is 2. The van der Waals surface area contributed by atoms with Gasteiger partial charge in [-0.3, -0.25) is 9.59 Å². The summed E-state index contributed by atoms with van der Waals surface area (Å²) in [6, 6.07) is 14.0. The Hall–Kier alpha value is -2.97. The highest BCUT2D eigenvalue weighted by atomic mass is 32.2. The first-order valence-electron chi connectivity index (χ1n) is 13.0. The van der Waals surface area contributed by atoms with Crippen LogP contribution in [0.3, 0.4) is 0 Å². The van der Waals surface area contributed by atoms with Crippen molar-refractivity contribution in [1.29, 1.82) is 0 Å². The normalized spacial score (nSPS) is 19.1. The van der Waals surface area contributed by atoms with Gasteiger partial charge in [0.05, 0.1) is 10.4 Å². The van der Waals surface area contributed by atoms with E-state index < -0.39 is 21.1 Å². The summed E-state index contributed by atoms with van der Waals surface area (Å²) in [5.74, 6) is -0.593. The van der Waals surface area contributed by atoms with Gasteiger partial charge in [-0.25, -0.2) is 8.42 Å². The monoisotopic (exact) mass is 539 g/mol. The molecule has 0 spiro atoms. The lowest BCUT2D eigenvalue weighted by Gasteiger charge is -2.40. The second-order valence-electron chi connectivity index (χ2n) is 12.2. The molecule has 0 aromatic heterocycles. The minimum atomic E-state index is -3.91. The zero-order valence-electron chi connectivity index (χ0n) is 23.6. The third kappa shape index (κ3) is 6.18. The van der Waals surface area contributed by atoms with Crippen LogP contribution >= 0.6 is 0 Å². The van der Waals surface area contributed by atoms with Crippen molar-refractivity contribution in [3.8, 4) is 0 Å². The summed E-state index contributed by atoms with van der Waals surface area (Å²) >= 11 is 0. The van der Waals surface area contributed by atoms with Gasteiger partial charge in [0.15, 0.2) is 0 Å². The molecule has 2 N–H and O–H groups in total. The van der Waals surface area contributed by atoms with Crippen LogP contribution in [0.25, 0.3) is 0 Å². The number of nitrogens with zero attached hydrogens (tertiary/aromatic N) is 1. The summed E-state index contributed by atoms with van der Waals surface area (Å²) < 4.78 is 29.0. The lowest BCUT2D eigenvalue weighted by molar-refractivity contribution is -0.117. The van der Waals surface area contributed by atoms with E-state index in [0.717, 1.165) is 5.56 Å².